The van der Waals surface area contributed by atoms with Gasteiger partial charge >= 0.3 is 0 Å². The fourth-order valence-electron chi connectivity index (χ4n) is 5.49. The van der Waals surface area contributed by atoms with Crippen LogP contribution in [0.1, 0.15) is 66.7 Å². The van der Waals surface area contributed by atoms with Crippen LogP contribution in [0.2, 0.25) is 0 Å². The summed E-state index contributed by atoms with van der Waals surface area (Å²) in [6, 6.07) is 0. The minimum atomic E-state index is -0.168. The molecule has 2 nitrogen and oxygen atoms in total. The fraction of sp³-hybridized carbons (Fsp3) is 0.800. The van der Waals surface area contributed by atoms with E-state index in [2.05, 4.69) is 40.7 Å². The third-order valence-electron chi connectivity index (χ3n) is 6.46. The lowest BCUT2D eigenvalue weighted by atomic mass is 9.47. The van der Waals surface area contributed by atoms with E-state index in [1.54, 1.807) is 0 Å². The van der Waals surface area contributed by atoms with E-state index >= 15 is 0 Å². The molecule has 2 N–H and O–H groups in total. The molecule has 0 heterocycles. The van der Waals surface area contributed by atoms with Crippen LogP contribution in [0.3, 0.4) is 0 Å². The second-order valence-corrected chi connectivity index (χ2v) is 8.62. The fourth-order valence-corrected chi connectivity index (χ4v) is 5.49. The molecule has 0 bridgehead atoms. The smallest absolute Gasteiger partial charge is 0.0614 e. The first kappa shape index (κ1) is 17.7. The van der Waals surface area contributed by atoms with Crippen molar-refractivity contribution in [3.63, 3.8) is 0 Å². The van der Waals surface area contributed by atoms with Gasteiger partial charge in [-0.3, -0.25) is 0 Å². The maximum Gasteiger partial charge on any atom is 0.0614 e. The van der Waals surface area contributed by atoms with Crippen molar-refractivity contribution >= 4 is 0 Å². The monoisotopic (exact) mass is 306 g/mol. The summed E-state index contributed by atoms with van der Waals surface area (Å²) >= 11 is 0. The second-order valence-electron chi connectivity index (χ2n) is 8.62. The van der Waals surface area contributed by atoms with E-state index in [-0.39, 0.29) is 23.5 Å². The van der Waals surface area contributed by atoms with Crippen LogP contribution in [0, 0.1) is 22.7 Å². The Balaban J connectivity index is 2.25. The van der Waals surface area contributed by atoms with E-state index in [0.717, 1.165) is 32.1 Å². The van der Waals surface area contributed by atoms with E-state index < -0.39 is 0 Å². The van der Waals surface area contributed by atoms with Crippen molar-refractivity contribution in [2.75, 3.05) is 6.61 Å². The quantitative estimate of drug-likeness (QED) is 0.752. The molecule has 0 spiro atoms. The highest BCUT2D eigenvalue weighted by atomic mass is 16.3. The number of aliphatic hydroxyl groups is 2. The zero-order valence-electron chi connectivity index (χ0n) is 15.0. The van der Waals surface area contributed by atoms with Gasteiger partial charge in [-0.05, 0) is 68.6 Å². The molecular formula is C20H34O2. The molecule has 2 heteroatoms. The Labute approximate surface area is 136 Å². The maximum atomic E-state index is 10.5. The minimum absolute atomic E-state index is 0.136. The molecule has 22 heavy (non-hydrogen) atoms. The Kier molecular flexibility index (Phi) is 5.23. The molecule has 0 radical (unpaired) electrons. The van der Waals surface area contributed by atoms with Crippen molar-refractivity contribution in [3.8, 4) is 0 Å². The summed E-state index contributed by atoms with van der Waals surface area (Å²) < 4.78 is 0. The molecule has 2 rings (SSSR count). The first-order valence-corrected chi connectivity index (χ1v) is 8.82. The summed E-state index contributed by atoms with van der Waals surface area (Å²) in [6.07, 6.45) is 9.37. The SMILES string of the molecule is CC1=CC[C@@H]2C(C)(C)C[C@H](O)C[C@]2(C)[C@@H]1CC/C(C)=C/CO. The number of rotatable bonds is 4. The lowest BCUT2D eigenvalue weighted by Gasteiger charge is -2.58. The molecule has 0 aromatic rings. The summed E-state index contributed by atoms with van der Waals surface area (Å²) in [4.78, 5) is 0. The average Bonchev–Trinajstić information content (AvgIpc) is 2.35. The van der Waals surface area contributed by atoms with Gasteiger partial charge in [-0.1, -0.05) is 44.1 Å². The molecular weight excluding hydrogens is 272 g/mol. The Morgan fingerprint density at radius 1 is 1.32 bits per heavy atom. The van der Waals surface area contributed by atoms with Gasteiger partial charge in [-0.2, -0.15) is 0 Å². The van der Waals surface area contributed by atoms with Crippen LogP contribution in [0.15, 0.2) is 23.3 Å². The van der Waals surface area contributed by atoms with Gasteiger partial charge in [0, 0.05) is 0 Å². The molecule has 0 unspecified atom stereocenters. The summed E-state index contributed by atoms with van der Waals surface area (Å²) in [5, 5.41) is 19.5. The molecule has 0 aliphatic heterocycles. The Morgan fingerprint density at radius 2 is 2.00 bits per heavy atom. The highest BCUT2D eigenvalue weighted by Gasteiger charge is 2.53. The highest BCUT2D eigenvalue weighted by molar-refractivity contribution is 5.19. The van der Waals surface area contributed by atoms with E-state index in [1.807, 2.05) is 6.08 Å². The van der Waals surface area contributed by atoms with Gasteiger partial charge in [0.05, 0.1) is 12.7 Å². The molecule has 0 aromatic carbocycles. The van der Waals surface area contributed by atoms with E-state index in [4.69, 9.17) is 5.11 Å². The van der Waals surface area contributed by atoms with Crippen molar-refractivity contribution < 1.29 is 10.2 Å². The number of hydrogen-bond acceptors (Lipinski definition) is 2. The maximum absolute atomic E-state index is 10.5. The lowest BCUT2D eigenvalue weighted by Crippen LogP contribution is -2.52. The molecule has 2 aliphatic carbocycles. The van der Waals surface area contributed by atoms with Gasteiger partial charge in [0.15, 0.2) is 0 Å². The average molecular weight is 306 g/mol. The van der Waals surface area contributed by atoms with Crippen LogP contribution in [0.25, 0.3) is 0 Å². The topological polar surface area (TPSA) is 40.5 Å². The summed E-state index contributed by atoms with van der Waals surface area (Å²) in [5.74, 6) is 1.20. The Morgan fingerprint density at radius 3 is 2.64 bits per heavy atom. The predicted molar refractivity (Wildman–Crippen MR) is 92.6 cm³/mol. The van der Waals surface area contributed by atoms with Gasteiger partial charge in [0.2, 0.25) is 0 Å². The number of aliphatic hydroxyl groups excluding tert-OH is 2. The van der Waals surface area contributed by atoms with Crippen molar-refractivity contribution in [1.82, 2.24) is 0 Å². The predicted octanol–water partition coefficient (Wildman–Crippen LogP) is 4.47. The third kappa shape index (κ3) is 3.33. The van der Waals surface area contributed by atoms with Gasteiger partial charge in [0.1, 0.15) is 0 Å². The number of allylic oxidation sites excluding steroid dienone is 3. The molecule has 0 amide bonds. The zero-order chi connectivity index (χ0) is 16.5. The summed E-state index contributed by atoms with van der Waals surface area (Å²) in [7, 11) is 0. The number of hydrogen-bond donors (Lipinski definition) is 2. The first-order chi connectivity index (χ1) is 10.2. The van der Waals surface area contributed by atoms with Gasteiger partial charge in [-0.25, -0.2) is 0 Å². The van der Waals surface area contributed by atoms with Gasteiger partial charge in [-0.15, -0.1) is 0 Å². The van der Waals surface area contributed by atoms with E-state index in [1.165, 1.54) is 11.1 Å². The molecule has 0 saturated heterocycles. The first-order valence-electron chi connectivity index (χ1n) is 8.82. The van der Waals surface area contributed by atoms with Gasteiger partial charge < -0.3 is 10.2 Å². The van der Waals surface area contributed by atoms with Crippen LogP contribution < -0.4 is 0 Å². The molecule has 4 atom stereocenters. The van der Waals surface area contributed by atoms with Crippen LogP contribution in [0.5, 0.6) is 0 Å². The molecule has 1 saturated carbocycles. The molecule has 1 fully saturated rings. The molecule has 126 valence electrons. The summed E-state index contributed by atoms with van der Waals surface area (Å²) in [5.41, 5.74) is 3.18. The molecule has 0 aromatic heterocycles. The Bertz CT molecular complexity index is 460. The van der Waals surface area contributed by atoms with Crippen molar-refractivity contribution in [3.05, 3.63) is 23.3 Å². The van der Waals surface area contributed by atoms with Gasteiger partial charge in [0.25, 0.3) is 0 Å². The van der Waals surface area contributed by atoms with Crippen LogP contribution in [-0.2, 0) is 0 Å². The van der Waals surface area contributed by atoms with E-state index in [0.29, 0.717) is 11.8 Å². The van der Waals surface area contributed by atoms with Crippen molar-refractivity contribution in [2.45, 2.75) is 72.8 Å². The van der Waals surface area contributed by atoms with Crippen LogP contribution >= 0.6 is 0 Å². The highest BCUT2D eigenvalue weighted by Crippen LogP contribution is 2.60. The van der Waals surface area contributed by atoms with Crippen molar-refractivity contribution in [2.24, 2.45) is 22.7 Å². The van der Waals surface area contributed by atoms with E-state index in [9.17, 15) is 5.11 Å². The third-order valence-corrected chi connectivity index (χ3v) is 6.46. The van der Waals surface area contributed by atoms with Crippen LogP contribution in [0.4, 0.5) is 0 Å². The lowest BCUT2D eigenvalue weighted by molar-refractivity contribution is -0.0952. The summed E-state index contributed by atoms with van der Waals surface area (Å²) in [6.45, 7) is 11.6. The largest absolute Gasteiger partial charge is 0.393 e. The number of fused-ring (bicyclic) bond motifs is 1. The minimum Gasteiger partial charge on any atom is -0.393 e. The van der Waals surface area contributed by atoms with Crippen LogP contribution in [-0.4, -0.2) is 22.9 Å². The van der Waals surface area contributed by atoms with Crippen molar-refractivity contribution in [1.29, 1.82) is 0 Å². The second kappa shape index (κ2) is 6.49. The molecule has 2 aliphatic rings. The normalized spacial score (nSPS) is 38.4. The Hall–Kier alpha value is -0.600. The zero-order valence-corrected chi connectivity index (χ0v) is 15.0. The standard InChI is InChI=1S/C20H34O2/c1-14(10-11-21)6-8-17-15(2)7-9-18-19(3,4)12-16(22)13-20(17,18)5/h7,10,16-18,21-22H,6,8-9,11-13H2,1-5H3/b14-10+/t16-,17+,18+,20+/m0/s1.